The molecule has 24 heavy (non-hydrogen) atoms. The van der Waals surface area contributed by atoms with E-state index in [0.29, 0.717) is 31.0 Å². The number of rotatable bonds is 6. The molecule has 0 amide bonds. The second-order valence-electron chi connectivity index (χ2n) is 6.04. The van der Waals surface area contributed by atoms with Crippen molar-refractivity contribution in [1.29, 1.82) is 0 Å². The number of benzene rings is 1. The Morgan fingerprint density at radius 3 is 2.71 bits per heavy atom. The highest BCUT2D eigenvalue weighted by molar-refractivity contribution is 5.99. The lowest BCUT2D eigenvalue weighted by atomic mass is 9.90. The van der Waals surface area contributed by atoms with Crippen LogP contribution in [0.25, 0.3) is 0 Å². The third-order valence-electron chi connectivity index (χ3n) is 4.62. The van der Waals surface area contributed by atoms with Gasteiger partial charge in [0, 0.05) is 13.0 Å². The summed E-state index contributed by atoms with van der Waals surface area (Å²) in [5.74, 6) is -0.891. The number of aromatic nitrogens is 1. The van der Waals surface area contributed by atoms with Crippen LogP contribution in [0.5, 0.6) is 0 Å². The zero-order valence-corrected chi connectivity index (χ0v) is 13.7. The number of nitrogens with zero attached hydrogens (tertiary/aromatic N) is 1. The van der Waals surface area contributed by atoms with Gasteiger partial charge in [0.15, 0.2) is 5.78 Å². The average molecular weight is 327 g/mol. The van der Waals surface area contributed by atoms with Gasteiger partial charge in [-0.3, -0.25) is 4.79 Å². The maximum atomic E-state index is 12.8. The Balaban J connectivity index is 1.88. The van der Waals surface area contributed by atoms with E-state index in [4.69, 9.17) is 4.74 Å². The van der Waals surface area contributed by atoms with Crippen LogP contribution < -0.4 is 0 Å². The van der Waals surface area contributed by atoms with Crippen molar-refractivity contribution in [1.82, 2.24) is 4.57 Å². The average Bonchev–Trinajstić information content (AvgIpc) is 3.00. The molecule has 0 fully saturated rings. The number of hydrogen-bond donors (Lipinski definition) is 1. The van der Waals surface area contributed by atoms with Crippen LogP contribution in [0.1, 0.15) is 57.8 Å². The molecule has 0 spiro atoms. The lowest BCUT2D eigenvalue weighted by Gasteiger charge is -2.20. The summed E-state index contributed by atoms with van der Waals surface area (Å²) < 4.78 is 7.17. The van der Waals surface area contributed by atoms with Crippen LogP contribution in [0, 0.1) is 0 Å². The molecule has 3 rings (SSSR count). The van der Waals surface area contributed by atoms with Crippen LogP contribution in [0.3, 0.4) is 0 Å². The zero-order chi connectivity index (χ0) is 17.1. The molecule has 0 saturated carbocycles. The van der Waals surface area contributed by atoms with Crippen molar-refractivity contribution in [3.63, 3.8) is 0 Å². The normalized spacial score (nSPS) is 14.9. The minimum atomic E-state index is -1.02. The lowest BCUT2D eigenvalue weighted by Crippen LogP contribution is -2.21. The molecule has 2 heterocycles. The highest BCUT2D eigenvalue weighted by atomic mass is 16.5. The predicted molar refractivity (Wildman–Crippen MR) is 89.5 cm³/mol. The van der Waals surface area contributed by atoms with Crippen molar-refractivity contribution in [2.45, 2.75) is 38.8 Å². The van der Waals surface area contributed by atoms with Crippen molar-refractivity contribution < 1.29 is 19.4 Å². The highest BCUT2D eigenvalue weighted by Gasteiger charge is 2.26. The fourth-order valence-electron chi connectivity index (χ4n) is 3.29. The number of Topliss-reactive ketones (excluding diaryl/α,β-unsaturated/α-hetero) is 1. The molecule has 2 aromatic rings. The van der Waals surface area contributed by atoms with Crippen LogP contribution in [0.4, 0.5) is 0 Å². The number of hydrogen-bond acceptors (Lipinski definition) is 3. The van der Waals surface area contributed by atoms with Gasteiger partial charge in [-0.25, -0.2) is 4.79 Å². The van der Waals surface area contributed by atoms with Gasteiger partial charge in [0.2, 0.25) is 0 Å². The van der Waals surface area contributed by atoms with Gasteiger partial charge < -0.3 is 14.4 Å². The fourth-order valence-corrected chi connectivity index (χ4v) is 3.29. The number of carboxylic acids is 1. The largest absolute Gasteiger partial charge is 0.478 e. The Kier molecular flexibility index (Phi) is 4.81. The van der Waals surface area contributed by atoms with Crippen molar-refractivity contribution in [2.75, 3.05) is 6.61 Å². The highest BCUT2D eigenvalue weighted by Crippen LogP contribution is 2.27. The van der Waals surface area contributed by atoms with Gasteiger partial charge in [0.1, 0.15) is 0 Å². The summed E-state index contributed by atoms with van der Waals surface area (Å²) in [6, 6.07) is 11.5. The molecule has 1 aromatic carbocycles. The molecule has 1 N–H and O–H groups in total. The summed E-state index contributed by atoms with van der Waals surface area (Å²) >= 11 is 0. The fraction of sp³-hybridized carbons (Fsp3) is 0.368. The van der Waals surface area contributed by atoms with Crippen LogP contribution in [0.15, 0.2) is 36.4 Å². The van der Waals surface area contributed by atoms with E-state index >= 15 is 0 Å². The quantitative estimate of drug-likeness (QED) is 0.825. The molecule has 5 heteroatoms. The van der Waals surface area contributed by atoms with Crippen molar-refractivity contribution in [3.8, 4) is 0 Å². The Morgan fingerprint density at radius 2 is 2.04 bits per heavy atom. The number of fused-ring (bicyclic) bond motifs is 1. The summed E-state index contributed by atoms with van der Waals surface area (Å²) in [4.78, 5) is 24.3. The lowest BCUT2D eigenvalue weighted by molar-refractivity contribution is 0.0657. The molecular formula is C19H21NO4. The second-order valence-corrected chi connectivity index (χ2v) is 6.04. The van der Waals surface area contributed by atoms with Crippen molar-refractivity contribution >= 4 is 11.8 Å². The molecule has 1 aromatic heterocycles. The van der Waals surface area contributed by atoms with E-state index in [1.165, 1.54) is 6.07 Å². The van der Waals surface area contributed by atoms with Gasteiger partial charge in [-0.1, -0.05) is 37.3 Å². The van der Waals surface area contributed by atoms with E-state index in [1.807, 2.05) is 34.9 Å². The Bertz CT molecular complexity index is 748. The van der Waals surface area contributed by atoms with Crippen LogP contribution in [0.2, 0.25) is 0 Å². The molecule has 0 saturated heterocycles. The first kappa shape index (κ1) is 16.5. The molecule has 0 aliphatic carbocycles. The second kappa shape index (κ2) is 7.01. The Hall–Kier alpha value is -2.40. The summed E-state index contributed by atoms with van der Waals surface area (Å²) in [5, 5.41) is 9.36. The van der Waals surface area contributed by atoms with E-state index in [-0.39, 0.29) is 23.9 Å². The van der Waals surface area contributed by atoms with Crippen LogP contribution in [-0.4, -0.2) is 28.0 Å². The Labute approximate surface area is 140 Å². The Morgan fingerprint density at radius 1 is 1.29 bits per heavy atom. The molecule has 0 bridgehead atoms. The van der Waals surface area contributed by atoms with Gasteiger partial charge in [0.05, 0.1) is 30.2 Å². The molecular weight excluding hydrogens is 306 g/mol. The van der Waals surface area contributed by atoms with Gasteiger partial charge in [-0.15, -0.1) is 0 Å². The minimum Gasteiger partial charge on any atom is -0.478 e. The molecule has 0 radical (unpaired) electrons. The topological polar surface area (TPSA) is 68.5 Å². The number of carbonyl (C=O) groups is 2. The standard InChI is InChI=1S/C19H21NO4/c1-2-13(14-6-4-3-5-7-14)10-18(21)16-11-15(19(22)23)17-12-24-9-8-20(16)17/h3-7,11,13H,2,8-10,12H2,1H3,(H,22,23)/t13-/m0/s1. The molecule has 1 aliphatic heterocycles. The van der Waals surface area contributed by atoms with Crippen molar-refractivity contribution in [3.05, 3.63) is 58.9 Å². The maximum absolute atomic E-state index is 12.8. The molecule has 0 unspecified atom stereocenters. The van der Waals surface area contributed by atoms with E-state index in [0.717, 1.165) is 12.0 Å². The third kappa shape index (κ3) is 3.12. The minimum absolute atomic E-state index is 0.0126. The first-order chi connectivity index (χ1) is 11.6. The van der Waals surface area contributed by atoms with Gasteiger partial charge in [-0.05, 0) is 24.0 Å². The van der Waals surface area contributed by atoms with Gasteiger partial charge >= 0.3 is 5.97 Å². The van der Waals surface area contributed by atoms with E-state index < -0.39 is 5.97 Å². The number of ether oxygens (including phenoxy) is 1. The monoisotopic (exact) mass is 327 g/mol. The summed E-state index contributed by atoms with van der Waals surface area (Å²) in [6.45, 7) is 3.32. The molecule has 1 aliphatic rings. The molecule has 1 atom stereocenters. The number of carbonyl (C=O) groups excluding carboxylic acids is 1. The van der Waals surface area contributed by atoms with E-state index in [9.17, 15) is 14.7 Å². The molecule has 126 valence electrons. The number of carboxylic acid groups (broad SMARTS) is 1. The van der Waals surface area contributed by atoms with Crippen LogP contribution in [-0.2, 0) is 17.9 Å². The van der Waals surface area contributed by atoms with Gasteiger partial charge in [0.25, 0.3) is 0 Å². The summed E-state index contributed by atoms with van der Waals surface area (Å²) in [6.07, 6.45) is 1.24. The number of ketones is 1. The maximum Gasteiger partial charge on any atom is 0.337 e. The zero-order valence-electron chi connectivity index (χ0n) is 13.7. The van der Waals surface area contributed by atoms with E-state index in [1.54, 1.807) is 0 Å². The smallest absolute Gasteiger partial charge is 0.337 e. The first-order valence-corrected chi connectivity index (χ1v) is 8.23. The predicted octanol–water partition coefficient (Wildman–Crippen LogP) is 3.48. The summed E-state index contributed by atoms with van der Waals surface area (Å²) in [7, 11) is 0. The first-order valence-electron chi connectivity index (χ1n) is 8.23. The molecule has 5 nitrogen and oxygen atoms in total. The number of aromatic carboxylic acids is 1. The van der Waals surface area contributed by atoms with Crippen molar-refractivity contribution in [2.24, 2.45) is 0 Å². The van der Waals surface area contributed by atoms with Crippen LogP contribution >= 0.6 is 0 Å². The summed E-state index contributed by atoms with van der Waals surface area (Å²) in [5.41, 5.74) is 2.39. The third-order valence-corrected chi connectivity index (χ3v) is 4.62. The SMILES string of the molecule is CC[C@@H](CC(=O)c1cc(C(=O)O)c2n1CCOC2)c1ccccc1. The van der Waals surface area contributed by atoms with Gasteiger partial charge in [-0.2, -0.15) is 0 Å². The van der Waals surface area contributed by atoms with E-state index in [2.05, 4.69) is 6.92 Å².